The SMILES string of the molecule is CCCNC(=O)CNS(=O)(=O)c1ccc2c(c1)[C@@H](C)C(=O)N2. The Labute approximate surface area is 129 Å². The van der Waals surface area contributed by atoms with Gasteiger partial charge in [0.15, 0.2) is 0 Å². The van der Waals surface area contributed by atoms with Crippen molar-refractivity contribution in [3.8, 4) is 0 Å². The topological polar surface area (TPSA) is 104 Å². The largest absolute Gasteiger partial charge is 0.355 e. The lowest BCUT2D eigenvalue weighted by Gasteiger charge is -2.09. The van der Waals surface area contributed by atoms with Gasteiger partial charge in [-0.3, -0.25) is 9.59 Å². The first-order valence-electron chi connectivity index (χ1n) is 7.06. The molecule has 2 amide bonds. The van der Waals surface area contributed by atoms with E-state index in [1.54, 1.807) is 13.0 Å². The number of sulfonamides is 1. The molecule has 8 heteroatoms. The predicted octanol–water partition coefficient (Wildman–Crippen LogP) is 0.547. The fraction of sp³-hybridized carbons (Fsp3) is 0.429. The van der Waals surface area contributed by atoms with E-state index in [4.69, 9.17) is 0 Å². The highest BCUT2D eigenvalue weighted by molar-refractivity contribution is 7.89. The van der Waals surface area contributed by atoms with Crippen LogP contribution in [0.15, 0.2) is 23.1 Å². The fourth-order valence-corrected chi connectivity index (χ4v) is 3.15. The fourth-order valence-electron chi connectivity index (χ4n) is 2.13. The first-order valence-corrected chi connectivity index (χ1v) is 8.54. The lowest BCUT2D eigenvalue weighted by Crippen LogP contribution is -2.37. The minimum Gasteiger partial charge on any atom is -0.355 e. The molecule has 1 atom stereocenters. The number of rotatable bonds is 6. The van der Waals surface area contributed by atoms with Crippen molar-refractivity contribution in [2.24, 2.45) is 0 Å². The quantitative estimate of drug-likeness (QED) is 0.710. The number of carbonyl (C=O) groups excluding carboxylic acids is 2. The number of carbonyl (C=O) groups is 2. The Hall–Kier alpha value is -1.93. The first kappa shape index (κ1) is 16.4. The summed E-state index contributed by atoms with van der Waals surface area (Å²) in [7, 11) is -3.79. The summed E-state index contributed by atoms with van der Waals surface area (Å²) >= 11 is 0. The summed E-state index contributed by atoms with van der Waals surface area (Å²) in [5.74, 6) is -0.925. The third-order valence-electron chi connectivity index (χ3n) is 3.45. The van der Waals surface area contributed by atoms with E-state index in [-0.39, 0.29) is 23.3 Å². The van der Waals surface area contributed by atoms with Gasteiger partial charge in [-0.2, -0.15) is 0 Å². The maximum absolute atomic E-state index is 12.2. The zero-order chi connectivity index (χ0) is 16.3. The molecule has 1 heterocycles. The first-order chi connectivity index (χ1) is 10.3. The lowest BCUT2D eigenvalue weighted by molar-refractivity contribution is -0.120. The maximum Gasteiger partial charge on any atom is 0.241 e. The van der Waals surface area contributed by atoms with Crippen LogP contribution in [-0.2, 0) is 19.6 Å². The van der Waals surface area contributed by atoms with Crippen LogP contribution in [0.4, 0.5) is 5.69 Å². The summed E-state index contributed by atoms with van der Waals surface area (Å²) in [6.07, 6.45) is 0.780. The molecule has 1 aromatic rings. The van der Waals surface area contributed by atoms with Crippen molar-refractivity contribution in [2.45, 2.75) is 31.1 Å². The summed E-state index contributed by atoms with van der Waals surface area (Å²) in [5, 5.41) is 5.27. The second-order valence-corrected chi connectivity index (χ2v) is 6.90. The van der Waals surface area contributed by atoms with Gasteiger partial charge in [0.2, 0.25) is 21.8 Å². The van der Waals surface area contributed by atoms with Gasteiger partial charge in [-0.15, -0.1) is 0 Å². The Kier molecular flexibility index (Phi) is 4.82. The summed E-state index contributed by atoms with van der Waals surface area (Å²) in [6, 6.07) is 4.43. The van der Waals surface area contributed by atoms with Gasteiger partial charge in [-0.25, -0.2) is 13.1 Å². The van der Waals surface area contributed by atoms with Gasteiger partial charge in [0, 0.05) is 12.2 Å². The van der Waals surface area contributed by atoms with Crippen LogP contribution in [0, 0.1) is 0 Å². The number of benzene rings is 1. The molecule has 22 heavy (non-hydrogen) atoms. The molecule has 0 saturated heterocycles. The highest BCUT2D eigenvalue weighted by Gasteiger charge is 2.28. The van der Waals surface area contributed by atoms with Crippen molar-refractivity contribution >= 4 is 27.5 Å². The molecule has 1 aliphatic rings. The summed E-state index contributed by atoms with van der Waals surface area (Å²) < 4.78 is 26.7. The molecule has 2 rings (SSSR count). The van der Waals surface area contributed by atoms with E-state index in [9.17, 15) is 18.0 Å². The molecule has 120 valence electrons. The van der Waals surface area contributed by atoms with E-state index in [0.717, 1.165) is 6.42 Å². The summed E-state index contributed by atoms with van der Waals surface area (Å²) in [5.41, 5.74) is 1.26. The molecule has 1 aliphatic heterocycles. The molecule has 1 aromatic carbocycles. The van der Waals surface area contributed by atoms with Gasteiger partial charge in [-0.05, 0) is 37.1 Å². The zero-order valence-corrected chi connectivity index (χ0v) is 13.3. The van der Waals surface area contributed by atoms with Crippen LogP contribution in [-0.4, -0.2) is 33.3 Å². The van der Waals surface area contributed by atoms with Crippen molar-refractivity contribution < 1.29 is 18.0 Å². The Bertz CT molecular complexity index is 700. The number of hydrogen-bond acceptors (Lipinski definition) is 4. The van der Waals surface area contributed by atoms with Crippen molar-refractivity contribution in [1.29, 1.82) is 0 Å². The predicted molar refractivity (Wildman–Crippen MR) is 82.0 cm³/mol. The molecule has 0 unspecified atom stereocenters. The number of anilines is 1. The van der Waals surface area contributed by atoms with Crippen LogP contribution in [0.2, 0.25) is 0 Å². The van der Waals surface area contributed by atoms with Gasteiger partial charge < -0.3 is 10.6 Å². The van der Waals surface area contributed by atoms with E-state index in [0.29, 0.717) is 17.8 Å². The van der Waals surface area contributed by atoms with Crippen LogP contribution >= 0.6 is 0 Å². The molecule has 0 bridgehead atoms. The van der Waals surface area contributed by atoms with Crippen LogP contribution in [0.1, 0.15) is 31.7 Å². The molecule has 3 N–H and O–H groups in total. The minimum atomic E-state index is -3.79. The van der Waals surface area contributed by atoms with Crippen molar-refractivity contribution in [1.82, 2.24) is 10.0 Å². The standard InChI is InChI=1S/C14H19N3O4S/c1-3-6-15-13(18)8-16-22(20,21)10-4-5-12-11(7-10)9(2)14(19)17-12/h4-5,7,9,16H,3,6,8H2,1-2H3,(H,15,18)(H,17,19)/t9-/m1/s1. The van der Waals surface area contributed by atoms with E-state index < -0.39 is 15.9 Å². The summed E-state index contributed by atoms with van der Waals surface area (Å²) in [4.78, 5) is 23.1. The number of fused-ring (bicyclic) bond motifs is 1. The highest BCUT2D eigenvalue weighted by atomic mass is 32.2. The molecular weight excluding hydrogens is 306 g/mol. The van der Waals surface area contributed by atoms with E-state index in [2.05, 4.69) is 15.4 Å². The molecule has 0 fully saturated rings. The molecular formula is C14H19N3O4S. The number of nitrogens with one attached hydrogen (secondary N) is 3. The number of amides is 2. The molecule has 0 spiro atoms. The summed E-state index contributed by atoms with van der Waals surface area (Å²) in [6.45, 7) is 3.81. The van der Waals surface area contributed by atoms with E-state index in [1.165, 1.54) is 12.1 Å². The smallest absolute Gasteiger partial charge is 0.241 e. The second kappa shape index (κ2) is 6.45. The normalized spacial score (nSPS) is 17.0. The van der Waals surface area contributed by atoms with E-state index >= 15 is 0 Å². The third kappa shape index (κ3) is 3.45. The lowest BCUT2D eigenvalue weighted by atomic mass is 10.0. The van der Waals surface area contributed by atoms with Crippen molar-refractivity contribution in [3.63, 3.8) is 0 Å². The van der Waals surface area contributed by atoms with Gasteiger partial charge in [0.05, 0.1) is 17.4 Å². The average Bonchev–Trinajstić information content (AvgIpc) is 2.77. The molecule has 0 saturated carbocycles. The minimum absolute atomic E-state index is 0.0397. The van der Waals surface area contributed by atoms with Crippen molar-refractivity contribution in [2.75, 3.05) is 18.4 Å². The Morgan fingerprint density at radius 3 is 2.77 bits per heavy atom. The van der Waals surface area contributed by atoms with Gasteiger partial charge in [-0.1, -0.05) is 6.92 Å². The van der Waals surface area contributed by atoms with Crippen LogP contribution in [0.3, 0.4) is 0 Å². The average molecular weight is 325 g/mol. The second-order valence-electron chi connectivity index (χ2n) is 5.13. The van der Waals surface area contributed by atoms with Gasteiger partial charge in [0.25, 0.3) is 0 Å². The monoisotopic (exact) mass is 325 g/mol. The molecule has 0 radical (unpaired) electrons. The van der Waals surface area contributed by atoms with Gasteiger partial charge >= 0.3 is 0 Å². The maximum atomic E-state index is 12.2. The highest BCUT2D eigenvalue weighted by Crippen LogP contribution is 2.33. The van der Waals surface area contributed by atoms with Crippen molar-refractivity contribution in [3.05, 3.63) is 23.8 Å². The number of hydrogen-bond donors (Lipinski definition) is 3. The van der Waals surface area contributed by atoms with Crippen LogP contribution < -0.4 is 15.4 Å². The molecule has 0 aromatic heterocycles. The van der Waals surface area contributed by atoms with Crippen LogP contribution in [0.5, 0.6) is 0 Å². The molecule has 7 nitrogen and oxygen atoms in total. The Balaban J connectivity index is 2.11. The van der Waals surface area contributed by atoms with E-state index in [1.807, 2.05) is 6.92 Å². The zero-order valence-electron chi connectivity index (χ0n) is 12.5. The Morgan fingerprint density at radius 1 is 1.36 bits per heavy atom. The molecule has 0 aliphatic carbocycles. The third-order valence-corrected chi connectivity index (χ3v) is 4.84. The van der Waals surface area contributed by atoms with Gasteiger partial charge in [0.1, 0.15) is 0 Å². The Morgan fingerprint density at radius 2 is 2.09 bits per heavy atom. The van der Waals surface area contributed by atoms with Crippen LogP contribution in [0.25, 0.3) is 0 Å².